The number of urea groups is 1. The SMILES string of the molecule is O=C(Nc1ccc(N2C(=O)Cc3ccccc3C2=O)c(F)c1)NS(=O)(=O)c1cccs1. The molecule has 0 spiro atoms. The molecule has 1 aliphatic rings. The summed E-state index contributed by atoms with van der Waals surface area (Å²) in [5.41, 5.74) is 0.553. The second-order valence-electron chi connectivity index (χ2n) is 6.53. The molecular weight excluding hydrogens is 445 g/mol. The van der Waals surface area contributed by atoms with Crippen LogP contribution in [0, 0.1) is 5.82 Å². The second-order valence-corrected chi connectivity index (χ2v) is 9.38. The van der Waals surface area contributed by atoms with Gasteiger partial charge in [-0.3, -0.25) is 9.59 Å². The highest BCUT2D eigenvalue weighted by atomic mass is 32.2. The number of nitrogens with zero attached hydrogens (tertiary/aromatic N) is 1. The monoisotopic (exact) mass is 459 g/mol. The standard InChI is InChI=1S/C20H14FN3O5S2/c21-15-11-13(22-20(27)23-31(28,29)18-6-3-9-30-18)7-8-16(15)24-17(25)10-12-4-1-2-5-14(12)19(24)26/h1-9,11H,10H2,(H2,22,23,27). The summed E-state index contributed by atoms with van der Waals surface area (Å²) in [6, 6.07) is 11.7. The van der Waals surface area contributed by atoms with Crippen LogP contribution in [0.25, 0.3) is 0 Å². The fourth-order valence-electron chi connectivity index (χ4n) is 3.11. The molecule has 0 saturated heterocycles. The van der Waals surface area contributed by atoms with Crippen molar-refractivity contribution in [2.24, 2.45) is 0 Å². The van der Waals surface area contributed by atoms with Crippen molar-refractivity contribution in [3.63, 3.8) is 0 Å². The molecule has 1 aliphatic heterocycles. The zero-order valence-electron chi connectivity index (χ0n) is 15.7. The van der Waals surface area contributed by atoms with Gasteiger partial charge in [-0.15, -0.1) is 11.3 Å². The fraction of sp³-hybridized carbons (Fsp3) is 0.0500. The van der Waals surface area contributed by atoms with E-state index >= 15 is 0 Å². The molecule has 0 atom stereocenters. The normalized spacial score (nSPS) is 13.6. The maximum absolute atomic E-state index is 14.7. The number of carbonyl (C=O) groups excluding carboxylic acids is 3. The van der Waals surface area contributed by atoms with Gasteiger partial charge >= 0.3 is 6.03 Å². The molecule has 8 nitrogen and oxygen atoms in total. The van der Waals surface area contributed by atoms with Gasteiger partial charge in [0.05, 0.1) is 12.1 Å². The molecule has 2 heterocycles. The van der Waals surface area contributed by atoms with E-state index in [0.29, 0.717) is 11.1 Å². The maximum atomic E-state index is 14.7. The molecule has 3 aromatic rings. The second kappa shape index (κ2) is 7.93. The van der Waals surface area contributed by atoms with Crippen molar-refractivity contribution in [1.82, 2.24) is 4.72 Å². The van der Waals surface area contributed by atoms with Crippen LogP contribution in [0.1, 0.15) is 15.9 Å². The minimum absolute atomic E-state index is 0.0495. The average Bonchev–Trinajstić information content (AvgIpc) is 3.25. The highest BCUT2D eigenvalue weighted by Crippen LogP contribution is 2.29. The molecule has 11 heteroatoms. The lowest BCUT2D eigenvalue weighted by atomic mass is 9.98. The predicted molar refractivity (Wildman–Crippen MR) is 112 cm³/mol. The molecular formula is C20H14FN3O5S2. The van der Waals surface area contributed by atoms with E-state index in [1.807, 2.05) is 4.72 Å². The van der Waals surface area contributed by atoms with Crippen LogP contribution in [-0.4, -0.2) is 26.3 Å². The van der Waals surface area contributed by atoms with Crippen molar-refractivity contribution >= 4 is 50.6 Å². The number of amides is 4. The maximum Gasteiger partial charge on any atom is 0.333 e. The third-order valence-corrected chi connectivity index (χ3v) is 7.20. The summed E-state index contributed by atoms with van der Waals surface area (Å²) in [6.07, 6.45) is -0.0512. The Morgan fingerprint density at radius 1 is 1.06 bits per heavy atom. The van der Waals surface area contributed by atoms with Gasteiger partial charge in [-0.05, 0) is 41.3 Å². The third-order valence-electron chi connectivity index (χ3n) is 4.48. The molecule has 0 saturated carbocycles. The van der Waals surface area contributed by atoms with Crippen LogP contribution in [0.2, 0.25) is 0 Å². The minimum atomic E-state index is -4.05. The molecule has 2 aromatic carbocycles. The van der Waals surface area contributed by atoms with Gasteiger partial charge in [-0.1, -0.05) is 24.3 Å². The van der Waals surface area contributed by atoms with E-state index in [0.717, 1.165) is 22.3 Å². The van der Waals surface area contributed by atoms with Gasteiger partial charge < -0.3 is 5.32 Å². The van der Waals surface area contributed by atoms with Gasteiger partial charge in [0.2, 0.25) is 5.91 Å². The molecule has 0 bridgehead atoms. The van der Waals surface area contributed by atoms with E-state index in [-0.39, 0.29) is 22.0 Å². The number of rotatable bonds is 4. The highest BCUT2D eigenvalue weighted by Gasteiger charge is 2.33. The smallest absolute Gasteiger partial charge is 0.307 e. The molecule has 4 amide bonds. The van der Waals surface area contributed by atoms with Crippen LogP contribution >= 0.6 is 11.3 Å². The number of imide groups is 1. The number of hydrogen-bond donors (Lipinski definition) is 2. The van der Waals surface area contributed by atoms with E-state index in [2.05, 4.69) is 5.32 Å². The van der Waals surface area contributed by atoms with Crippen LogP contribution in [0.5, 0.6) is 0 Å². The van der Waals surface area contributed by atoms with Crippen LogP contribution in [-0.2, 0) is 21.2 Å². The number of halogens is 1. The Morgan fingerprint density at radius 3 is 2.55 bits per heavy atom. The van der Waals surface area contributed by atoms with Gasteiger partial charge in [-0.2, -0.15) is 0 Å². The Labute approximate surface area is 180 Å². The first-order valence-corrected chi connectivity index (χ1v) is 11.2. The van der Waals surface area contributed by atoms with E-state index in [1.54, 1.807) is 29.6 Å². The molecule has 31 heavy (non-hydrogen) atoms. The third kappa shape index (κ3) is 4.05. The topological polar surface area (TPSA) is 113 Å². The number of thiophene rings is 1. The number of carbonyl (C=O) groups is 3. The van der Waals surface area contributed by atoms with Crippen molar-refractivity contribution in [2.75, 3.05) is 10.2 Å². The van der Waals surface area contributed by atoms with Gasteiger partial charge in [0, 0.05) is 11.3 Å². The molecule has 4 rings (SSSR count). The first-order valence-electron chi connectivity index (χ1n) is 8.88. The molecule has 158 valence electrons. The zero-order chi connectivity index (χ0) is 22.2. The lowest BCUT2D eigenvalue weighted by molar-refractivity contribution is -0.117. The lowest BCUT2D eigenvalue weighted by Crippen LogP contribution is -2.43. The first-order chi connectivity index (χ1) is 14.8. The molecule has 0 radical (unpaired) electrons. The summed E-state index contributed by atoms with van der Waals surface area (Å²) in [6.45, 7) is 0. The van der Waals surface area contributed by atoms with Gasteiger partial charge in [0.1, 0.15) is 10.0 Å². The predicted octanol–water partition coefficient (Wildman–Crippen LogP) is 3.13. The van der Waals surface area contributed by atoms with Crippen LogP contribution in [0.3, 0.4) is 0 Å². The zero-order valence-corrected chi connectivity index (χ0v) is 17.3. The van der Waals surface area contributed by atoms with Crippen molar-refractivity contribution in [3.05, 3.63) is 76.9 Å². The average molecular weight is 459 g/mol. The number of fused-ring (bicyclic) bond motifs is 1. The summed E-state index contributed by atoms with van der Waals surface area (Å²) in [4.78, 5) is 37.9. The number of nitrogens with one attached hydrogen (secondary N) is 2. The Hall–Kier alpha value is -3.57. The summed E-state index contributed by atoms with van der Waals surface area (Å²) in [5.74, 6) is -2.16. The highest BCUT2D eigenvalue weighted by molar-refractivity contribution is 7.92. The van der Waals surface area contributed by atoms with Gasteiger partial charge in [-0.25, -0.2) is 27.2 Å². The van der Waals surface area contributed by atoms with Gasteiger partial charge in [0.25, 0.3) is 15.9 Å². The Bertz CT molecular complexity index is 1310. The molecule has 0 unspecified atom stereocenters. The fourth-order valence-corrected chi connectivity index (χ4v) is 5.01. The molecule has 2 N–H and O–H groups in total. The Morgan fingerprint density at radius 2 is 1.84 bits per heavy atom. The molecule has 1 aromatic heterocycles. The van der Waals surface area contributed by atoms with E-state index < -0.39 is 33.7 Å². The number of benzene rings is 2. The summed E-state index contributed by atoms with van der Waals surface area (Å²) in [7, 11) is -4.05. The quantitative estimate of drug-likeness (QED) is 0.582. The van der Waals surface area contributed by atoms with Crippen molar-refractivity contribution in [3.8, 4) is 0 Å². The van der Waals surface area contributed by atoms with Crippen molar-refractivity contribution in [1.29, 1.82) is 0 Å². The summed E-state index contributed by atoms with van der Waals surface area (Å²) < 4.78 is 40.7. The van der Waals surface area contributed by atoms with Crippen LogP contribution < -0.4 is 14.9 Å². The molecule has 0 aliphatic carbocycles. The van der Waals surface area contributed by atoms with Gasteiger partial charge in [0.15, 0.2) is 0 Å². The number of anilines is 2. The number of sulfonamides is 1. The lowest BCUT2D eigenvalue weighted by Gasteiger charge is -2.27. The van der Waals surface area contributed by atoms with E-state index in [1.165, 1.54) is 24.3 Å². The minimum Gasteiger partial charge on any atom is -0.307 e. The summed E-state index contributed by atoms with van der Waals surface area (Å²) in [5, 5.41) is 3.76. The van der Waals surface area contributed by atoms with Crippen LogP contribution in [0.4, 0.5) is 20.6 Å². The van der Waals surface area contributed by atoms with E-state index in [9.17, 15) is 27.2 Å². The van der Waals surface area contributed by atoms with Crippen molar-refractivity contribution in [2.45, 2.75) is 10.6 Å². The largest absolute Gasteiger partial charge is 0.333 e. The Kier molecular flexibility index (Phi) is 5.29. The Balaban J connectivity index is 1.53. The number of hydrogen-bond acceptors (Lipinski definition) is 6. The summed E-state index contributed by atoms with van der Waals surface area (Å²) >= 11 is 0.934. The van der Waals surface area contributed by atoms with Crippen molar-refractivity contribution < 1.29 is 27.2 Å². The van der Waals surface area contributed by atoms with E-state index in [4.69, 9.17) is 0 Å². The molecule has 0 fully saturated rings. The first kappa shape index (κ1) is 20.7. The van der Waals surface area contributed by atoms with Crippen LogP contribution in [0.15, 0.2) is 64.2 Å².